The molecular weight excluding hydrogens is 214 g/mol. The van der Waals surface area contributed by atoms with E-state index < -0.39 is 0 Å². The molecule has 1 aromatic rings. The van der Waals surface area contributed by atoms with E-state index >= 15 is 0 Å². The summed E-state index contributed by atoms with van der Waals surface area (Å²) < 4.78 is 0. The molecule has 0 aromatic heterocycles. The van der Waals surface area contributed by atoms with Gasteiger partial charge >= 0.3 is 0 Å². The SMILES string of the molecule is CCCCCC[C@@H](C[N+](=O)[O-])c1ccccc1. The van der Waals surface area contributed by atoms with Gasteiger partial charge in [-0.15, -0.1) is 0 Å². The fourth-order valence-electron chi connectivity index (χ4n) is 2.09. The van der Waals surface area contributed by atoms with Gasteiger partial charge < -0.3 is 0 Å². The third-order valence-corrected chi connectivity index (χ3v) is 3.05. The van der Waals surface area contributed by atoms with Crippen LogP contribution in [0, 0.1) is 10.1 Å². The van der Waals surface area contributed by atoms with Gasteiger partial charge in [0, 0.05) is 10.8 Å². The molecule has 17 heavy (non-hydrogen) atoms. The van der Waals surface area contributed by atoms with E-state index in [2.05, 4.69) is 6.92 Å². The highest BCUT2D eigenvalue weighted by molar-refractivity contribution is 5.19. The first-order chi connectivity index (χ1) is 8.24. The first-order valence-electron chi connectivity index (χ1n) is 6.40. The first kappa shape index (κ1) is 13.7. The van der Waals surface area contributed by atoms with Crippen LogP contribution in [-0.2, 0) is 0 Å². The lowest BCUT2D eigenvalue weighted by Gasteiger charge is -2.12. The van der Waals surface area contributed by atoms with Crippen molar-refractivity contribution in [3.63, 3.8) is 0 Å². The molecule has 0 spiro atoms. The van der Waals surface area contributed by atoms with Crippen LogP contribution in [0.5, 0.6) is 0 Å². The van der Waals surface area contributed by atoms with Gasteiger partial charge in [0.1, 0.15) is 0 Å². The van der Waals surface area contributed by atoms with Crippen LogP contribution in [0.2, 0.25) is 0 Å². The zero-order valence-electron chi connectivity index (χ0n) is 10.5. The second-order valence-electron chi connectivity index (χ2n) is 4.47. The Morgan fingerprint density at radius 3 is 2.47 bits per heavy atom. The molecule has 0 saturated carbocycles. The summed E-state index contributed by atoms with van der Waals surface area (Å²) in [4.78, 5) is 10.5. The fourth-order valence-corrected chi connectivity index (χ4v) is 2.09. The minimum atomic E-state index is -0.197. The number of unbranched alkanes of at least 4 members (excludes halogenated alkanes) is 3. The third kappa shape index (κ3) is 5.48. The molecule has 3 heteroatoms. The Labute approximate surface area is 103 Å². The minimum absolute atomic E-state index is 0.0517. The predicted octanol–water partition coefficient (Wildman–Crippen LogP) is 4.02. The topological polar surface area (TPSA) is 43.1 Å². The average Bonchev–Trinajstić information content (AvgIpc) is 2.34. The first-order valence-corrected chi connectivity index (χ1v) is 6.40. The molecule has 0 bridgehead atoms. The van der Waals surface area contributed by atoms with E-state index in [9.17, 15) is 10.1 Å². The number of nitrogens with zero attached hydrogens (tertiary/aromatic N) is 1. The quantitative estimate of drug-likeness (QED) is 0.388. The summed E-state index contributed by atoms with van der Waals surface area (Å²) >= 11 is 0. The standard InChI is InChI=1S/C14H21NO2/c1-2-3-4-6-11-14(12-15(16)17)13-9-7-5-8-10-13/h5,7-10,14H,2-4,6,11-12H2,1H3/t14-/m0/s1. The monoisotopic (exact) mass is 235 g/mol. The van der Waals surface area contributed by atoms with Gasteiger partial charge in [-0.25, -0.2) is 0 Å². The lowest BCUT2D eigenvalue weighted by atomic mass is 9.93. The average molecular weight is 235 g/mol. The Kier molecular flexibility index (Phi) is 6.30. The van der Waals surface area contributed by atoms with E-state index in [1.807, 2.05) is 30.3 Å². The van der Waals surface area contributed by atoms with Gasteiger partial charge in [-0.05, 0) is 12.0 Å². The molecule has 0 heterocycles. The number of rotatable bonds is 8. The molecule has 0 N–H and O–H groups in total. The molecule has 1 atom stereocenters. The maximum absolute atomic E-state index is 10.7. The van der Waals surface area contributed by atoms with Crippen LogP contribution in [0.3, 0.4) is 0 Å². The van der Waals surface area contributed by atoms with E-state index in [1.165, 1.54) is 19.3 Å². The maximum Gasteiger partial charge on any atom is 0.210 e. The van der Waals surface area contributed by atoms with Crippen LogP contribution in [0.15, 0.2) is 30.3 Å². The van der Waals surface area contributed by atoms with Crippen molar-refractivity contribution in [2.24, 2.45) is 0 Å². The molecule has 0 aliphatic carbocycles. The van der Waals surface area contributed by atoms with Gasteiger partial charge in [-0.2, -0.15) is 0 Å². The molecule has 0 aliphatic rings. The second kappa shape index (κ2) is 7.82. The third-order valence-electron chi connectivity index (χ3n) is 3.05. The summed E-state index contributed by atoms with van der Waals surface area (Å²) in [5.41, 5.74) is 1.10. The van der Waals surface area contributed by atoms with Crippen molar-refractivity contribution in [1.29, 1.82) is 0 Å². The van der Waals surface area contributed by atoms with Gasteiger partial charge in [-0.3, -0.25) is 10.1 Å². The molecule has 0 aliphatic heterocycles. The zero-order chi connectivity index (χ0) is 12.5. The fraction of sp³-hybridized carbons (Fsp3) is 0.571. The minimum Gasteiger partial charge on any atom is -0.265 e. The van der Waals surface area contributed by atoms with Crippen LogP contribution in [0.1, 0.15) is 50.5 Å². The smallest absolute Gasteiger partial charge is 0.210 e. The number of hydrogen-bond donors (Lipinski definition) is 0. The van der Waals surface area contributed by atoms with E-state index in [0.717, 1.165) is 18.4 Å². The van der Waals surface area contributed by atoms with E-state index in [4.69, 9.17) is 0 Å². The van der Waals surface area contributed by atoms with Crippen molar-refractivity contribution >= 4 is 0 Å². The Bertz CT molecular complexity index is 324. The van der Waals surface area contributed by atoms with E-state index in [1.54, 1.807) is 0 Å². The Morgan fingerprint density at radius 2 is 1.88 bits per heavy atom. The van der Waals surface area contributed by atoms with Crippen LogP contribution in [-0.4, -0.2) is 11.5 Å². The molecule has 0 amide bonds. The largest absolute Gasteiger partial charge is 0.265 e. The van der Waals surface area contributed by atoms with Crippen molar-refractivity contribution in [3.8, 4) is 0 Å². The lowest BCUT2D eigenvalue weighted by molar-refractivity contribution is -0.483. The Balaban J connectivity index is 2.52. The van der Waals surface area contributed by atoms with Crippen LogP contribution < -0.4 is 0 Å². The molecule has 0 unspecified atom stereocenters. The maximum atomic E-state index is 10.7. The van der Waals surface area contributed by atoms with Gasteiger partial charge in [-0.1, -0.05) is 62.9 Å². The second-order valence-corrected chi connectivity index (χ2v) is 4.47. The van der Waals surface area contributed by atoms with Crippen molar-refractivity contribution in [3.05, 3.63) is 46.0 Å². The van der Waals surface area contributed by atoms with E-state index in [0.29, 0.717) is 0 Å². The highest BCUT2D eigenvalue weighted by atomic mass is 16.6. The van der Waals surface area contributed by atoms with Crippen molar-refractivity contribution in [2.75, 3.05) is 6.54 Å². The highest BCUT2D eigenvalue weighted by Gasteiger charge is 2.16. The molecule has 3 nitrogen and oxygen atoms in total. The molecule has 1 rings (SSSR count). The highest BCUT2D eigenvalue weighted by Crippen LogP contribution is 2.22. The Morgan fingerprint density at radius 1 is 1.18 bits per heavy atom. The van der Waals surface area contributed by atoms with Crippen molar-refractivity contribution in [2.45, 2.75) is 44.9 Å². The number of hydrogen-bond acceptors (Lipinski definition) is 2. The summed E-state index contributed by atoms with van der Waals surface area (Å²) in [7, 11) is 0. The molecule has 1 aromatic carbocycles. The van der Waals surface area contributed by atoms with Gasteiger partial charge in [0.05, 0.1) is 0 Å². The predicted molar refractivity (Wildman–Crippen MR) is 69.8 cm³/mol. The molecule has 0 saturated heterocycles. The summed E-state index contributed by atoms with van der Waals surface area (Å²) in [6, 6.07) is 9.84. The molecular formula is C14H21NO2. The van der Waals surface area contributed by atoms with Crippen LogP contribution >= 0.6 is 0 Å². The lowest BCUT2D eigenvalue weighted by Crippen LogP contribution is -2.12. The summed E-state index contributed by atoms with van der Waals surface area (Å²) in [5.74, 6) is 0.0723. The van der Waals surface area contributed by atoms with Gasteiger partial charge in [0.25, 0.3) is 0 Å². The summed E-state index contributed by atoms with van der Waals surface area (Å²) in [6.45, 7) is 2.22. The molecule has 94 valence electrons. The van der Waals surface area contributed by atoms with Crippen LogP contribution in [0.4, 0.5) is 0 Å². The summed E-state index contributed by atoms with van der Waals surface area (Å²) in [6.07, 6.45) is 5.61. The van der Waals surface area contributed by atoms with Crippen molar-refractivity contribution < 1.29 is 4.92 Å². The molecule has 0 radical (unpaired) electrons. The van der Waals surface area contributed by atoms with Gasteiger partial charge in [0.15, 0.2) is 0 Å². The van der Waals surface area contributed by atoms with Crippen LogP contribution in [0.25, 0.3) is 0 Å². The molecule has 0 fully saturated rings. The van der Waals surface area contributed by atoms with E-state index in [-0.39, 0.29) is 17.4 Å². The van der Waals surface area contributed by atoms with Gasteiger partial charge in [0.2, 0.25) is 6.54 Å². The summed E-state index contributed by atoms with van der Waals surface area (Å²) in [5, 5.41) is 10.7. The zero-order valence-corrected chi connectivity index (χ0v) is 10.5. The van der Waals surface area contributed by atoms with Crippen molar-refractivity contribution in [1.82, 2.24) is 0 Å². The Hall–Kier alpha value is -1.38. The number of benzene rings is 1. The number of nitro groups is 1. The normalized spacial score (nSPS) is 12.3.